The predicted molar refractivity (Wildman–Crippen MR) is 121 cm³/mol. The number of nitrogens with one attached hydrogen (secondary N) is 2. The van der Waals surface area contributed by atoms with Gasteiger partial charge in [0.05, 0.1) is 0 Å². The number of amides is 1. The lowest BCUT2D eigenvalue weighted by Gasteiger charge is -2.22. The van der Waals surface area contributed by atoms with Crippen LogP contribution in [0.15, 0.2) is 34.2 Å². The van der Waals surface area contributed by atoms with Crippen molar-refractivity contribution in [1.29, 1.82) is 0 Å². The zero-order valence-electron chi connectivity index (χ0n) is 16.0. The smallest absolute Gasteiger partial charge is 0.221 e. The number of guanidine groups is 1. The number of hydrogen-bond donors (Lipinski definition) is 2. The molecule has 26 heavy (non-hydrogen) atoms. The molecule has 1 aliphatic rings. The molecule has 0 unspecified atom stereocenters. The van der Waals surface area contributed by atoms with Crippen molar-refractivity contribution in [2.45, 2.75) is 49.6 Å². The minimum Gasteiger partial charge on any atom is -0.356 e. The molecule has 1 saturated carbocycles. The summed E-state index contributed by atoms with van der Waals surface area (Å²) in [5.41, 5.74) is 1.24. The van der Waals surface area contributed by atoms with Crippen molar-refractivity contribution in [2.75, 3.05) is 26.9 Å². The van der Waals surface area contributed by atoms with Gasteiger partial charge in [0.25, 0.3) is 0 Å². The maximum absolute atomic E-state index is 12.0. The summed E-state index contributed by atoms with van der Waals surface area (Å²) >= 11 is 1.74. The number of halogens is 1. The summed E-state index contributed by atoms with van der Waals surface area (Å²) in [7, 11) is 3.78. The summed E-state index contributed by atoms with van der Waals surface area (Å²) in [6, 6.07) is 8.95. The van der Waals surface area contributed by atoms with Crippen LogP contribution in [0.25, 0.3) is 0 Å². The molecule has 7 heteroatoms. The number of benzene rings is 1. The zero-order valence-corrected chi connectivity index (χ0v) is 19.1. The zero-order chi connectivity index (χ0) is 18.1. The van der Waals surface area contributed by atoms with Crippen molar-refractivity contribution in [2.24, 2.45) is 4.99 Å². The maximum Gasteiger partial charge on any atom is 0.221 e. The Labute approximate surface area is 178 Å². The average Bonchev–Trinajstić information content (AvgIpc) is 3.12. The second-order valence-corrected chi connectivity index (χ2v) is 7.36. The lowest BCUT2D eigenvalue weighted by Crippen LogP contribution is -2.41. The summed E-state index contributed by atoms with van der Waals surface area (Å²) in [6.45, 7) is 1.38. The third kappa shape index (κ3) is 7.73. The molecule has 0 heterocycles. The molecule has 0 bridgehead atoms. The first-order valence-corrected chi connectivity index (χ1v) is 10.2. The van der Waals surface area contributed by atoms with E-state index in [9.17, 15) is 4.79 Å². The molecule has 0 saturated heterocycles. The van der Waals surface area contributed by atoms with Crippen LogP contribution < -0.4 is 10.6 Å². The Morgan fingerprint density at radius 2 is 1.92 bits per heavy atom. The van der Waals surface area contributed by atoms with E-state index in [1.54, 1.807) is 18.8 Å². The first kappa shape index (κ1) is 23.1. The molecule has 0 atom stereocenters. The molecule has 146 valence electrons. The highest BCUT2D eigenvalue weighted by Gasteiger charge is 2.16. The second kappa shape index (κ2) is 12.4. The lowest BCUT2D eigenvalue weighted by molar-refractivity contribution is -0.121. The molecule has 1 fully saturated rings. The van der Waals surface area contributed by atoms with E-state index >= 15 is 0 Å². The van der Waals surface area contributed by atoms with E-state index in [1.807, 2.05) is 7.05 Å². The van der Waals surface area contributed by atoms with E-state index < -0.39 is 0 Å². The summed E-state index contributed by atoms with van der Waals surface area (Å²) in [6.07, 6.45) is 7.27. The van der Waals surface area contributed by atoms with Gasteiger partial charge in [0.15, 0.2) is 5.96 Å². The molecule has 0 radical (unpaired) electrons. The summed E-state index contributed by atoms with van der Waals surface area (Å²) in [5.74, 6) is 0.938. The Balaban J connectivity index is 0.00000338. The quantitative estimate of drug-likeness (QED) is 0.266. The number of rotatable bonds is 7. The third-order valence-corrected chi connectivity index (χ3v) is 5.25. The Bertz CT molecular complexity index is 573. The van der Waals surface area contributed by atoms with E-state index in [0.717, 1.165) is 25.3 Å². The van der Waals surface area contributed by atoms with Crippen molar-refractivity contribution in [3.63, 3.8) is 0 Å². The maximum atomic E-state index is 12.0. The highest BCUT2D eigenvalue weighted by molar-refractivity contribution is 14.0. The van der Waals surface area contributed by atoms with Crippen molar-refractivity contribution >= 4 is 47.6 Å². The second-order valence-electron chi connectivity index (χ2n) is 6.48. The van der Waals surface area contributed by atoms with Gasteiger partial charge in [-0.25, -0.2) is 0 Å². The fourth-order valence-electron chi connectivity index (χ4n) is 3.12. The first-order valence-electron chi connectivity index (χ1n) is 8.96. The first-order chi connectivity index (χ1) is 12.1. The average molecular weight is 490 g/mol. The van der Waals surface area contributed by atoms with E-state index in [2.05, 4.69) is 51.0 Å². The molecule has 0 spiro atoms. The molecule has 1 amide bonds. The van der Waals surface area contributed by atoms with Gasteiger partial charge in [0, 0.05) is 44.5 Å². The minimum absolute atomic E-state index is 0. The molecular weight excluding hydrogens is 459 g/mol. The minimum atomic E-state index is 0. The van der Waals surface area contributed by atoms with Crippen LogP contribution in [0.3, 0.4) is 0 Å². The van der Waals surface area contributed by atoms with Crippen LogP contribution in [-0.4, -0.2) is 49.7 Å². The molecule has 5 nitrogen and oxygen atoms in total. The van der Waals surface area contributed by atoms with Crippen LogP contribution in [0.2, 0.25) is 0 Å². The standard InChI is InChI=1S/C19H30N4OS.HI/c1-20-19(21-13-12-18(24)22-16-6-4-5-7-16)23(2)14-15-8-10-17(25-3)11-9-15;/h8-11,16H,4-7,12-14H2,1-3H3,(H,20,21)(H,22,24);1H. The van der Waals surface area contributed by atoms with Gasteiger partial charge in [-0.05, 0) is 36.8 Å². The number of thioether (sulfide) groups is 1. The van der Waals surface area contributed by atoms with Crippen LogP contribution in [0.4, 0.5) is 0 Å². The highest BCUT2D eigenvalue weighted by Crippen LogP contribution is 2.17. The summed E-state index contributed by atoms with van der Waals surface area (Å²) in [4.78, 5) is 19.6. The number of carbonyl (C=O) groups is 1. The monoisotopic (exact) mass is 490 g/mol. The molecule has 2 N–H and O–H groups in total. The normalized spacial score (nSPS) is 14.7. The van der Waals surface area contributed by atoms with E-state index in [0.29, 0.717) is 19.0 Å². The number of hydrogen-bond acceptors (Lipinski definition) is 3. The molecule has 0 aromatic heterocycles. The molecule has 1 aliphatic carbocycles. The van der Waals surface area contributed by atoms with Crippen LogP contribution in [0.1, 0.15) is 37.7 Å². The van der Waals surface area contributed by atoms with Crippen LogP contribution >= 0.6 is 35.7 Å². The van der Waals surface area contributed by atoms with Gasteiger partial charge in [0.2, 0.25) is 5.91 Å². The fraction of sp³-hybridized carbons (Fsp3) is 0.579. The highest BCUT2D eigenvalue weighted by atomic mass is 127. The van der Waals surface area contributed by atoms with Crippen molar-refractivity contribution in [3.8, 4) is 0 Å². The van der Waals surface area contributed by atoms with Crippen molar-refractivity contribution in [1.82, 2.24) is 15.5 Å². The number of carbonyl (C=O) groups excluding carboxylic acids is 1. The van der Waals surface area contributed by atoms with Crippen LogP contribution in [0, 0.1) is 0 Å². The van der Waals surface area contributed by atoms with Gasteiger partial charge in [-0.1, -0.05) is 25.0 Å². The van der Waals surface area contributed by atoms with E-state index in [-0.39, 0.29) is 29.9 Å². The van der Waals surface area contributed by atoms with Gasteiger partial charge in [-0.3, -0.25) is 9.79 Å². The molecule has 1 aromatic carbocycles. The SMILES string of the molecule is CN=C(NCCC(=O)NC1CCCC1)N(C)Cc1ccc(SC)cc1.I. The summed E-state index contributed by atoms with van der Waals surface area (Å²) < 4.78 is 0. The lowest BCUT2D eigenvalue weighted by atomic mass is 10.2. The largest absolute Gasteiger partial charge is 0.356 e. The number of nitrogens with zero attached hydrogens (tertiary/aromatic N) is 2. The molecule has 2 rings (SSSR count). The van der Waals surface area contributed by atoms with Crippen molar-refractivity contribution in [3.05, 3.63) is 29.8 Å². The Morgan fingerprint density at radius 3 is 2.50 bits per heavy atom. The Hall–Kier alpha value is -0.960. The fourth-order valence-corrected chi connectivity index (χ4v) is 3.53. The Kier molecular flexibility index (Phi) is 11.0. The topological polar surface area (TPSA) is 56.7 Å². The molecule has 0 aliphatic heterocycles. The van der Waals surface area contributed by atoms with E-state index in [4.69, 9.17) is 0 Å². The molecule has 1 aromatic rings. The summed E-state index contributed by atoms with van der Waals surface area (Å²) in [5, 5.41) is 6.39. The van der Waals surface area contributed by atoms with Gasteiger partial charge < -0.3 is 15.5 Å². The van der Waals surface area contributed by atoms with E-state index in [1.165, 1.54) is 23.3 Å². The van der Waals surface area contributed by atoms with Crippen LogP contribution in [-0.2, 0) is 11.3 Å². The van der Waals surface area contributed by atoms with Gasteiger partial charge in [-0.15, -0.1) is 35.7 Å². The van der Waals surface area contributed by atoms with Crippen molar-refractivity contribution < 1.29 is 4.79 Å². The predicted octanol–water partition coefficient (Wildman–Crippen LogP) is 3.48. The van der Waals surface area contributed by atoms with Gasteiger partial charge in [0.1, 0.15) is 0 Å². The van der Waals surface area contributed by atoms with Gasteiger partial charge in [-0.2, -0.15) is 0 Å². The third-order valence-electron chi connectivity index (χ3n) is 4.51. The van der Waals surface area contributed by atoms with Gasteiger partial charge >= 0.3 is 0 Å². The Morgan fingerprint density at radius 1 is 1.27 bits per heavy atom. The van der Waals surface area contributed by atoms with Crippen LogP contribution in [0.5, 0.6) is 0 Å². The number of aliphatic imine (C=N–C) groups is 1. The molecular formula is C19H31IN4OS.